The van der Waals surface area contributed by atoms with E-state index in [1.54, 1.807) is 20.8 Å². The van der Waals surface area contributed by atoms with Gasteiger partial charge in [-0.2, -0.15) is 0 Å². The molecule has 7 atom stereocenters. The largest absolute Gasteiger partial charge is 0.394 e. The normalized spacial score (nSPS) is 35.0. The van der Waals surface area contributed by atoms with Crippen LogP contribution >= 0.6 is 0 Å². The van der Waals surface area contributed by atoms with Crippen LogP contribution < -0.4 is 0 Å². The van der Waals surface area contributed by atoms with Crippen molar-refractivity contribution in [3.05, 3.63) is 0 Å². The summed E-state index contributed by atoms with van der Waals surface area (Å²) in [6, 6.07) is 0. The lowest BCUT2D eigenvalue weighted by molar-refractivity contribution is -0.231. The molecular formula is C15H32O8. The molecule has 1 aliphatic rings. The molecular weight excluding hydrogens is 308 g/mol. The second-order valence-electron chi connectivity index (χ2n) is 6.07. The Hall–Kier alpha value is -0.320. The molecule has 8 heteroatoms. The molecule has 1 rings (SSSR count). The molecule has 140 valence electrons. The maximum atomic E-state index is 9.54. The molecule has 0 aromatic heterocycles. The van der Waals surface area contributed by atoms with Gasteiger partial charge in [0.25, 0.3) is 0 Å². The number of aliphatic hydroxyl groups excluding tert-OH is 6. The highest BCUT2D eigenvalue weighted by atomic mass is 16.6. The Morgan fingerprint density at radius 1 is 1.00 bits per heavy atom. The molecule has 1 heterocycles. The van der Waals surface area contributed by atoms with Gasteiger partial charge in [0.1, 0.15) is 24.4 Å². The van der Waals surface area contributed by atoms with Gasteiger partial charge in [0.05, 0.1) is 31.0 Å². The first kappa shape index (κ1) is 22.7. The molecule has 0 radical (unpaired) electrons. The number of methoxy groups -OCH3 is 1. The van der Waals surface area contributed by atoms with E-state index in [0.717, 1.165) is 0 Å². The van der Waals surface area contributed by atoms with Gasteiger partial charge in [0.2, 0.25) is 0 Å². The second-order valence-corrected chi connectivity index (χ2v) is 6.07. The van der Waals surface area contributed by atoms with E-state index < -0.39 is 48.8 Å². The molecule has 0 aliphatic carbocycles. The number of rotatable bonds is 6. The van der Waals surface area contributed by atoms with E-state index in [9.17, 15) is 10.2 Å². The summed E-state index contributed by atoms with van der Waals surface area (Å²) in [6.07, 6.45) is -4.59. The zero-order chi connectivity index (χ0) is 18.2. The van der Waals surface area contributed by atoms with Crippen molar-refractivity contribution in [1.29, 1.82) is 0 Å². The Morgan fingerprint density at radius 2 is 1.48 bits per heavy atom. The van der Waals surface area contributed by atoms with Crippen molar-refractivity contribution in [2.75, 3.05) is 13.7 Å². The summed E-state index contributed by atoms with van der Waals surface area (Å²) < 4.78 is 10.2. The summed E-state index contributed by atoms with van der Waals surface area (Å²) >= 11 is 0. The first-order chi connectivity index (χ1) is 10.6. The van der Waals surface area contributed by atoms with Crippen LogP contribution in [0.3, 0.4) is 0 Å². The van der Waals surface area contributed by atoms with Gasteiger partial charge in [-0.1, -0.05) is 0 Å². The quantitative estimate of drug-likeness (QED) is 0.339. The predicted octanol–water partition coefficient (Wildman–Crippen LogP) is -1.61. The van der Waals surface area contributed by atoms with Crippen molar-refractivity contribution in [3.8, 4) is 0 Å². The van der Waals surface area contributed by atoms with Crippen LogP contribution in [0.25, 0.3) is 0 Å². The van der Waals surface area contributed by atoms with Crippen molar-refractivity contribution >= 4 is 0 Å². The van der Waals surface area contributed by atoms with Gasteiger partial charge in [-0.05, 0) is 33.6 Å². The van der Waals surface area contributed by atoms with Crippen LogP contribution in [0.5, 0.6) is 0 Å². The van der Waals surface area contributed by atoms with Crippen LogP contribution in [0, 0.1) is 0 Å². The van der Waals surface area contributed by atoms with E-state index >= 15 is 0 Å². The summed E-state index contributed by atoms with van der Waals surface area (Å²) in [4.78, 5) is 0. The SMILES string of the molecule is CC(O)CC(O)CC(C)O.COC1C(CO)OC(C)C(O)C1O. The lowest BCUT2D eigenvalue weighted by Crippen LogP contribution is -2.58. The molecule has 23 heavy (non-hydrogen) atoms. The van der Waals surface area contributed by atoms with Gasteiger partial charge in [-0.3, -0.25) is 0 Å². The van der Waals surface area contributed by atoms with Crippen LogP contribution in [0.15, 0.2) is 0 Å². The number of ether oxygens (including phenoxy) is 2. The van der Waals surface area contributed by atoms with E-state index in [0.29, 0.717) is 12.8 Å². The summed E-state index contributed by atoms with van der Waals surface area (Å²) in [5.74, 6) is 0. The minimum absolute atomic E-state index is 0.230. The fraction of sp³-hybridized carbons (Fsp3) is 1.00. The third kappa shape index (κ3) is 8.37. The third-order valence-corrected chi connectivity index (χ3v) is 3.60. The maximum Gasteiger partial charge on any atom is 0.114 e. The van der Waals surface area contributed by atoms with E-state index in [2.05, 4.69) is 0 Å². The van der Waals surface area contributed by atoms with Crippen molar-refractivity contribution in [3.63, 3.8) is 0 Å². The van der Waals surface area contributed by atoms with Crippen molar-refractivity contribution < 1.29 is 40.1 Å². The summed E-state index contributed by atoms with van der Waals surface area (Å²) in [7, 11) is 1.41. The van der Waals surface area contributed by atoms with E-state index in [1.165, 1.54) is 7.11 Å². The van der Waals surface area contributed by atoms with Crippen molar-refractivity contribution in [2.45, 2.75) is 82.4 Å². The monoisotopic (exact) mass is 340 g/mol. The number of hydrogen-bond acceptors (Lipinski definition) is 8. The topological polar surface area (TPSA) is 140 Å². The summed E-state index contributed by atoms with van der Waals surface area (Å²) in [5.41, 5.74) is 0. The molecule has 0 amide bonds. The highest BCUT2D eigenvalue weighted by Gasteiger charge is 2.42. The van der Waals surface area contributed by atoms with Gasteiger partial charge in [0, 0.05) is 7.11 Å². The Morgan fingerprint density at radius 3 is 1.83 bits per heavy atom. The molecule has 1 aliphatic heterocycles. The Bertz CT molecular complexity index is 287. The first-order valence-corrected chi connectivity index (χ1v) is 7.83. The molecule has 6 N–H and O–H groups in total. The Kier molecular flexibility index (Phi) is 11.1. The van der Waals surface area contributed by atoms with Crippen molar-refractivity contribution in [1.82, 2.24) is 0 Å². The highest BCUT2D eigenvalue weighted by Crippen LogP contribution is 2.22. The van der Waals surface area contributed by atoms with Crippen molar-refractivity contribution in [2.24, 2.45) is 0 Å². The molecule has 0 aromatic rings. The van der Waals surface area contributed by atoms with Crippen LogP contribution in [-0.2, 0) is 9.47 Å². The molecule has 0 saturated carbocycles. The van der Waals surface area contributed by atoms with E-state index in [-0.39, 0.29) is 6.61 Å². The lowest BCUT2D eigenvalue weighted by atomic mass is 9.96. The van der Waals surface area contributed by atoms with Gasteiger partial charge in [0.15, 0.2) is 0 Å². The fourth-order valence-corrected chi connectivity index (χ4v) is 2.45. The molecule has 0 spiro atoms. The van der Waals surface area contributed by atoms with Crippen LogP contribution in [0.2, 0.25) is 0 Å². The van der Waals surface area contributed by atoms with Crippen LogP contribution in [-0.4, -0.2) is 93.2 Å². The number of hydrogen-bond donors (Lipinski definition) is 6. The van der Waals surface area contributed by atoms with Gasteiger partial charge in [-0.25, -0.2) is 0 Å². The van der Waals surface area contributed by atoms with Gasteiger partial charge in [-0.15, -0.1) is 0 Å². The number of aliphatic hydroxyl groups is 6. The summed E-state index contributed by atoms with van der Waals surface area (Å²) in [6.45, 7) is 4.64. The van der Waals surface area contributed by atoms with E-state index in [4.69, 9.17) is 29.9 Å². The minimum Gasteiger partial charge on any atom is -0.394 e. The third-order valence-electron chi connectivity index (χ3n) is 3.60. The molecule has 8 nitrogen and oxygen atoms in total. The summed E-state index contributed by atoms with van der Waals surface area (Å²) in [5, 5.41) is 54.5. The molecule has 0 aromatic carbocycles. The smallest absolute Gasteiger partial charge is 0.114 e. The van der Waals surface area contributed by atoms with E-state index in [1.807, 2.05) is 0 Å². The fourth-order valence-electron chi connectivity index (χ4n) is 2.45. The van der Waals surface area contributed by atoms with Crippen LogP contribution in [0.4, 0.5) is 0 Å². The zero-order valence-corrected chi connectivity index (χ0v) is 14.2. The van der Waals surface area contributed by atoms with Gasteiger partial charge >= 0.3 is 0 Å². The Balaban J connectivity index is 0.000000438. The zero-order valence-electron chi connectivity index (χ0n) is 14.2. The second kappa shape index (κ2) is 11.3. The average Bonchev–Trinajstić information content (AvgIpc) is 2.43. The van der Waals surface area contributed by atoms with Crippen LogP contribution in [0.1, 0.15) is 33.6 Å². The highest BCUT2D eigenvalue weighted by molar-refractivity contribution is 4.91. The van der Waals surface area contributed by atoms with Gasteiger partial charge < -0.3 is 40.1 Å². The molecule has 7 unspecified atom stereocenters. The minimum atomic E-state index is -1.01. The molecule has 1 saturated heterocycles. The lowest BCUT2D eigenvalue weighted by Gasteiger charge is -2.40. The average molecular weight is 340 g/mol. The Labute approximate surface area is 137 Å². The molecule has 0 bridgehead atoms. The first-order valence-electron chi connectivity index (χ1n) is 7.83. The predicted molar refractivity (Wildman–Crippen MR) is 82.8 cm³/mol. The molecule has 1 fully saturated rings. The standard InChI is InChI=1S/C8H16O5.C7H16O3/c1-4-6(10)7(11)8(12-2)5(3-9)13-4;1-5(8)3-7(10)4-6(2)9/h4-11H,3H2,1-2H3;5-10H,3-4H2,1-2H3. The maximum absolute atomic E-state index is 9.54.